The van der Waals surface area contributed by atoms with Gasteiger partial charge >= 0.3 is 0 Å². The van der Waals surface area contributed by atoms with Crippen molar-refractivity contribution in [3.63, 3.8) is 0 Å². The molecule has 0 aliphatic carbocycles. The van der Waals surface area contributed by atoms with Crippen LogP contribution < -0.4 is 10.2 Å². The maximum atomic E-state index is 13.0. The lowest BCUT2D eigenvalue weighted by Gasteiger charge is -2.29. The van der Waals surface area contributed by atoms with Crippen LogP contribution in [0.25, 0.3) is 0 Å². The standard InChI is InChI=1S/C20H22ClN3O2/c1-14-10-19(25)22-17-8-3-4-9-18(17)24(14)20(26)13-23(2)12-15-6-5-7-16(21)11-15/h3-9,11,14H,10,12-13H2,1-2H3,(H,22,25). The Bertz CT molecular complexity index is 824. The first-order valence-corrected chi connectivity index (χ1v) is 8.96. The average molecular weight is 372 g/mol. The van der Waals surface area contributed by atoms with Crippen molar-refractivity contribution in [1.29, 1.82) is 0 Å². The molecular formula is C20H22ClN3O2. The van der Waals surface area contributed by atoms with Crippen LogP contribution in [0.2, 0.25) is 5.02 Å². The first-order chi connectivity index (χ1) is 12.4. The summed E-state index contributed by atoms with van der Waals surface area (Å²) < 4.78 is 0. The number of nitrogens with zero attached hydrogens (tertiary/aromatic N) is 2. The minimum absolute atomic E-state index is 0.0361. The molecule has 0 fully saturated rings. The Morgan fingerprint density at radius 2 is 2.04 bits per heavy atom. The van der Waals surface area contributed by atoms with E-state index >= 15 is 0 Å². The predicted octanol–water partition coefficient (Wildman–Crippen LogP) is 3.54. The average Bonchev–Trinajstić information content (AvgIpc) is 2.68. The summed E-state index contributed by atoms with van der Waals surface area (Å²) >= 11 is 6.03. The summed E-state index contributed by atoms with van der Waals surface area (Å²) in [6.07, 6.45) is 0.276. The van der Waals surface area contributed by atoms with E-state index < -0.39 is 0 Å². The molecule has 136 valence electrons. The number of carbonyl (C=O) groups is 2. The van der Waals surface area contributed by atoms with Crippen molar-refractivity contribution in [1.82, 2.24) is 4.90 Å². The zero-order chi connectivity index (χ0) is 18.7. The highest BCUT2D eigenvalue weighted by Gasteiger charge is 2.29. The largest absolute Gasteiger partial charge is 0.324 e. The fraction of sp³-hybridized carbons (Fsp3) is 0.300. The van der Waals surface area contributed by atoms with E-state index in [1.807, 2.05) is 67.4 Å². The summed E-state index contributed by atoms with van der Waals surface area (Å²) in [5.41, 5.74) is 2.47. The second-order valence-corrected chi connectivity index (χ2v) is 7.12. The molecule has 2 amide bonds. The minimum atomic E-state index is -0.203. The smallest absolute Gasteiger partial charge is 0.241 e. The van der Waals surface area contributed by atoms with Gasteiger partial charge in [-0.15, -0.1) is 0 Å². The summed E-state index contributed by atoms with van der Waals surface area (Å²) in [5, 5.41) is 3.56. The SMILES string of the molecule is CC1CC(=O)Nc2ccccc2N1C(=O)CN(C)Cc1cccc(Cl)c1. The van der Waals surface area contributed by atoms with E-state index in [-0.39, 0.29) is 30.8 Å². The van der Waals surface area contributed by atoms with Crippen LogP contribution in [-0.2, 0) is 16.1 Å². The molecule has 0 bridgehead atoms. The van der Waals surface area contributed by atoms with Crippen LogP contribution in [0.3, 0.4) is 0 Å². The van der Waals surface area contributed by atoms with Gasteiger partial charge in [0.1, 0.15) is 0 Å². The third-order valence-corrected chi connectivity index (χ3v) is 4.61. The zero-order valence-corrected chi connectivity index (χ0v) is 15.7. The number of fused-ring (bicyclic) bond motifs is 1. The molecule has 1 heterocycles. The third-order valence-electron chi connectivity index (χ3n) is 4.37. The van der Waals surface area contributed by atoms with E-state index in [0.717, 1.165) is 11.3 Å². The Kier molecular flexibility index (Phi) is 5.59. The van der Waals surface area contributed by atoms with Gasteiger partial charge in [0.15, 0.2) is 0 Å². The van der Waals surface area contributed by atoms with Gasteiger partial charge in [-0.3, -0.25) is 14.5 Å². The monoisotopic (exact) mass is 371 g/mol. The lowest BCUT2D eigenvalue weighted by molar-refractivity contribution is -0.120. The molecule has 1 aliphatic rings. The highest BCUT2D eigenvalue weighted by Crippen LogP contribution is 2.31. The van der Waals surface area contributed by atoms with Crippen LogP contribution in [0, 0.1) is 0 Å². The number of amides is 2. The molecule has 0 spiro atoms. The topological polar surface area (TPSA) is 52.7 Å². The van der Waals surface area contributed by atoms with Gasteiger partial charge in [-0.1, -0.05) is 35.9 Å². The van der Waals surface area contributed by atoms with Gasteiger partial charge in [0.05, 0.1) is 17.9 Å². The highest BCUT2D eigenvalue weighted by molar-refractivity contribution is 6.30. The molecule has 2 aromatic carbocycles. The molecule has 1 unspecified atom stereocenters. The van der Waals surface area contributed by atoms with Gasteiger partial charge in [0.2, 0.25) is 11.8 Å². The first-order valence-electron chi connectivity index (χ1n) is 8.58. The molecule has 0 radical (unpaired) electrons. The number of likely N-dealkylation sites (N-methyl/N-ethyl adjacent to an activating group) is 1. The quantitative estimate of drug-likeness (QED) is 0.894. The van der Waals surface area contributed by atoms with Crippen LogP contribution in [-0.4, -0.2) is 36.3 Å². The van der Waals surface area contributed by atoms with Crippen LogP contribution in [0.5, 0.6) is 0 Å². The number of rotatable bonds is 4. The Morgan fingerprint density at radius 3 is 2.81 bits per heavy atom. The number of anilines is 2. The van der Waals surface area contributed by atoms with Crippen molar-refractivity contribution in [2.45, 2.75) is 25.9 Å². The maximum absolute atomic E-state index is 13.0. The summed E-state index contributed by atoms with van der Waals surface area (Å²) in [6, 6.07) is 14.8. The maximum Gasteiger partial charge on any atom is 0.241 e. The van der Waals surface area contributed by atoms with Gasteiger partial charge in [-0.2, -0.15) is 0 Å². The van der Waals surface area contributed by atoms with E-state index in [4.69, 9.17) is 11.6 Å². The lowest BCUT2D eigenvalue weighted by Crippen LogP contribution is -2.44. The van der Waals surface area contributed by atoms with E-state index in [1.54, 1.807) is 4.90 Å². The molecule has 5 nitrogen and oxygen atoms in total. The molecule has 1 N–H and O–H groups in total. The fourth-order valence-electron chi connectivity index (χ4n) is 3.28. The Hall–Kier alpha value is -2.37. The predicted molar refractivity (Wildman–Crippen MR) is 104 cm³/mol. The normalized spacial score (nSPS) is 16.8. The van der Waals surface area contributed by atoms with Gasteiger partial charge < -0.3 is 10.2 Å². The molecule has 0 aromatic heterocycles. The third kappa shape index (κ3) is 4.23. The molecule has 1 aliphatic heterocycles. The first kappa shape index (κ1) is 18.4. The van der Waals surface area contributed by atoms with E-state index in [9.17, 15) is 9.59 Å². The van der Waals surface area contributed by atoms with Gasteiger partial charge in [0, 0.05) is 24.0 Å². The number of benzene rings is 2. The number of nitrogens with one attached hydrogen (secondary N) is 1. The van der Waals surface area contributed by atoms with Crippen LogP contribution in [0.1, 0.15) is 18.9 Å². The zero-order valence-electron chi connectivity index (χ0n) is 14.9. The Labute approximate surface area is 158 Å². The van der Waals surface area contributed by atoms with E-state index in [1.165, 1.54) is 0 Å². The highest BCUT2D eigenvalue weighted by atomic mass is 35.5. The molecular weight excluding hydrogens is 350 g/mol. The van der Waals surface area contributed by atoms with Crippen molar-refractivity contribution < 1.29 is 9.59 Å². The van der Waals surface area contributed by atoms with E-state index in [0.29, 0.717) is 17.3 Å². The van der Waals surface area contributed by atoms with Crippen molar-refractivity contribution in [2.75, 3.05) is 23.8 Å². The number of hydrogen-bond donors (Lipinski definition) is 1. The van der Waals surface area contributed by atoms with Crippen LogP contribution in [0.15, 0.2) is 48.5 Å². The minimum Gasteiger partial charge on any atom is -0.324 e. The number of hydrogen-bond acceptors (Lipinski definition) is 3. The van der Waals surface area contributed by atoms with Crippen LogP contribution in [0.4, 0.5) is 11.4 Å². The number of halogens is 1. The molecule has 3 rings (SSSR count). The summed E-state index contributed by atoms with van der Waals surface area (Å²) in [5.74, 6) is -0.112. The van der Waals surface area contributed by atoms with E-state index in [2.05, 4.69) is 5.32 Å². The Morgan fingerprint density at radius 1 is 1.27 bits per heavy atom. The van der Waals surface area contributed by atoms with Crippen molar-refractivity contribution in [3.8, 4) is 0 Å². The molecule has 1 atom stereocenters. The summed E-state index contributed by atoms with van der Waals surface area (Å²) in [4.78, 5) is 28.7. The summed E-state index contributed by atoms with van der Waals surface area (Å²) in [6.45, 7) is 2.77. The Balaban J connectivity index is 1.76. The second kappa shape index (κ2) is 7.89. The fourth-order valence-corrected chi connectivity index (χ4v) is 3.49. The lowest BCUT2D eigenvalue weighted by atomic mass is 10.1. The second-order valence-electron chi connectivity index (χ2n) is 6.68. The van der Waals surface area contributed by atoms with Crippen molar-refractivity contribution >= 4 is 34.8 Å². The van der Waals surface area contributed by atoms with Gasteiger partial charge in [0.25, 0.3) is 0 Å². The molecule has 2 aromatic rings. The van der Waals surface area contributed by atoms with Crippen molar-refractivity contribution in [3.05, 3.63) is 59.1 Å². The van der Waals surface area contributed by atoms with Crippen molar-refractivity contribution in [2.24, 2.45) is 0 Å². The molecule has 0 saturated carbocycles. The molecule has 6 heteroatoms. The number of carbonyl (C=O) groups excluding carboxylic acids is 2. The number of para-hydroxylation sites is 2. The van der Waals surface area contributed by atoms with Crippen LogP contribution >= 0.6 is 11.6 Å². The summed E-state index contributed by atoms with van der Waals surface area (Å²) in [7, 11) is 1.90. The van der Waals surface area contributed by atoms with Gasteiger partial charge in [-0.05, 0) is 43.8 Å². The van der Waals surface area contributed by atoms with Gasteiger partial charge in [-0.25, -0.2) is 0 Å². The molecule has 0 saturated heterocycles. The molecule has 26 heavy (non-hydrogen) atoms.